The van der Waals surface area contributed by atoms with Crippen molar-refractivity contribution in [3.8, 4) is 0 Å². The van der Waals surface area contributed by atoms with Crippen LogP contribution in [0.5, 0.6) is 0 Å². The molecule has 1 unspecified atom stereocenters. The summed E-state index contributed by atoms with van der Waals surface area (Å²) in [6.07, 6.45) is 5.57. The first kappa shape index (κ1) is 24.0. The number of ketones is 1. The Morgan fingerprint density at radius 1 is 1.07 bits per heavy atom. The predicted molar refractivity (Wildman–Crippen MR) is 120 cm³/mol. The molecule has 0 fully saturated rings. The van der Waals surface area contributed by atoms with E-state index in [1.165, 1.54) is 16.9 Å². The van der Waals surface area contributed by atoms with Crippen molar-refractivity contribution in [3.63, 3.8) is 0 Å². The van der Waals surface area contributed by atoms with Gasteiger partial charge in [-0.3, -0.25) is 9.36 Å². The molecule has 1 aromatic heterocycles. The maximum Gasteiger partial charge on any atom is 0.325 e. The second-order valence-electron chi connectivity index (χ2n) is 7.74. The number of nitrogens with two attached hydrogens (primary N) is 1. The minimum atomic E-state index is -4.04. The molecule has 2 rings (SSSR count). The third kappa shape index (κ3) is 8.93. The van der Waals surface area contributed by atoms with Crippen LogP contribution in [0.1, 0.15) is 65.6 Å². The lowest BCUT2D eigenvalue weighted by atomic mass is 9.88. The van der Waals surface area contributed by atoms with Crippen molar-refractivity contribution >= 4 is 24.7 Å². The number of thiophene rings is 1. The van der Waals surface area contributed by atoms with Crippen LogP contribution in [-0.4, -0.2) is 27.3 Å². The molecule has 0 radical (unpaired) electrons. The lowest BCUT2D eigenvalue weighted by Crippen LogP contribution is -2.40. The van der Waals surface area contributed by atoms with E-state index >= 15 is 0 Å². The summed E-state index contributed by atoms with van der Waals surface area (Å²) in [5.41, 5.74) is 7.06. The van der Waals surface area contributed by atoms with Gasteiger partial charge in [-0.25, -0.2) is 0 Å². The summed E-state index contributed by atoms with van der Waals surface area (Å²) in [5.74, 6) is 0.185. The third-order valence-corrected chi connectivity index (χ3v) is 7.37. The second-order valence-corrected chi connectivity index (χ2v) is 10.7. The molecule has 0 bridgehead atoms. The van der Waals surface area contributed by atoms with Crippen LogP contribution in [0.3, 0.4) is 0 Å². The second kappa shape index (κ2) is 11.2. The number of benzene rings is 1. The van der Waals surface area contributed by atoms with Crippen LogP contribution in [0.4, 0.5) is 0 Å². The SMILES string of the molecule is CCC(N)(CCc1ccc(C(=O)CCCCc2ccccc2)s1)CCP(=O)(O)O. The minimum Gasteiger partial charge on any atom is -0.325 e. The Morgan fingerprint density at radius 2 is 1.79 bits per heavy atom. The Kier molecular flexibility index (Phi) is 9.25. The molecular weight excluding hydrogens is 405 g/mol. The average Bonchev–Trinajstić information content (AvgIpc) is 3.18. The van der Waals surface area contributed by atoms with Gasteiger partial charge >= 0.3 is 7.60 Å². The quantitative estimate of drug-likeness (QED) is 0.234. The molecule has 0 saturated heterocycles. The summed E-state index contributed by atoms with van der Waals surface area (Å²) >= 11 is 1.51. The first-order valence-electron chi connectivity index (χ1n) is 10.2. The largest absolute Gasteiger partial charge is 0.325 e. The molecule has 5 nitrogen and oxygen atoms in total. The molecule has 0 spiro atoms. The van der Waals surface area contributed by atoms with Crippen molar-refractivity contribution in [2.24, 2.45) is 5.73 Å². The standard InChI is InChI=1S/C22H32NO4PS/c1-2-22(23,16-17-28(25,26)27)15-14-19-12-13-21(29-19)20(24)11-7-6-10-18-8-4-3-5-9-18/h3-5,8-9,12-13H,2,6-7,10-11,14-17,23H2,1H3,(H2,25,26,27). The van der Waals surface area contributed by atoms with Crippen molar-refractivity contribution in [2.75, 3.05) is 6.16 Å². The van der Waals surface area contributed by atoms with Gasteiger partial charge in [0, 0.05) is 16.8 Å². The van der Waals surface area contributed by atoms with E-state index in [2.05, 4.69) is 12.1 Å². The zero-order valence-corrected chi connectivity index (χ0v) is 18.8. The van der Waals surface area contributed by atoms with Gasteiger partial charge in [0.1, 0.15) is 0 Å². The summed E-state index contributed by atoms with van der Waals surface area (Å²) < 4.78 is 11.1. The van der Waals surface area contributed by atoms with E-state index in [1.807, 2.05) is 37.3 Å². The molecule has 2 aromatic rings. The van der Waals surface area contributed by atoms with Gasteiger partial charge in [-0.15, -0.1) is 11.3 Å². The van der Waals surface area contributed by atoms with E-state index < -0.39 is 13.1 Å². The topological polar surface area (TPSA) is 101 Å². The number of hydrogen-bond donors (Lipinski definition) is 3. The molecule has 0 aliphatic heterocycles. The highest BCUT2D eigenvalue weighted by Gasteiger charge is 2.26. The number of carbonyl (C=O) groups is 1. The van der Waals surface area contributed by atoms with E-state index in [4.69, 9.17) is 15.5 Å². The van der Waals surface area contributed by atoms with E-state index in [0.29, 0.717) is 25.7 Å². The number of unbranched alkanes of at least 4 members (excludes halogenated alkanes) is 1. The highest BCUT2D eigenvalue weighted by Crippen LogP contribution is 2.38. The molecule has 1 aromatic carbocycles. The molecule has 0 aliphatic rings. The van der Waals surface area contributed by atoms with E-state index in [-0.39, 0.29) is 11.9 Å². The van der Waals surface area contributed by atoms with E-state index in [9.17, 15) is 9.36 Å². The van der Waals surface area contributed by atoms with Crippen molar-refractivity contribution in [1.82, 2.24) is 0 Å². The van der Waals surface area contributed by atoms with Gasteiger partial charge in [0.2, 0.25) is 0 Å². The lowest BCUT2D eigenvalue weighted by molar-refractivity contribution is 0.0983. The first-order chi connectivity index (χ1) is 13.7. The van der Waals surface area contributed by atoms with Gasteiger partial charge in [0.25, 0.3) is 0 Å². The average molecular weight is 438 g/mol. The molecule has 0 aliphatic carbocycles. The number of Topliss-reactive ketones (excluding diaryl/α,β-unsaturated/α-hetero) is 1. The summed E-state index contributed by atoms with van der Waals surface area (Å²) in [7, 11) is -4.04. The van der Waals surface area contributed by atoms with Crippen molar-refractivity contribution in [2.45, 2.75) is 63.8 Å². The third-order valence-electron chi connectivity index (χ3n) is 5.37. The highest BCUT2D eigenvalue weighted by molar-refractivity contribution is 7.51. The van der Waals surface area contributed by atoms with Crippen LogP contribution in [0.15, 0.2) is 42.5 Å². The molecule has 1 atom stereocenters. The molecule has 0 saturated carbocycles. The van der Waals surface area contributed by atoms with Gasteiger partial charge in [-0.2, -0.15) is 0 Å². The van der Waals surface area contributed by atoms with Crippen molar-refractivity contribution < 1.29 is 19.1 Å². The monoisotopic (exact) mass is 437 g/mol. The fourth-order valence-corrected chi connectivity index (χ4v) is 4.97. The molecule has 7 heteroatoms. The van der Waals surface area contributed by atoms with Crippen LogP contribution >= 0.6 is 18.9 Å². The van der Waals surface area contributed by atoms with Crippen LogP contribution in [-0.2, 0) is 17.4 Å². The smallest absolute Gasteiger partial charge is 0.325 e. The van der Waals surface area contributed by atoms with Gasteiger partial charge in [-0.05, 0) is 62.6 Å². The lowest BCUT2D eigenvalue weighted by Gasteiger charge is -2.28. The van der Waals surface area contributed by atoms with Crippen molar-refractivity contribution in [3.05, 3.63) is 57.8 Å². The van der Waals surface area contributed by atoms with Gasteiger partial charge in [0.15, 0.2) is 5.78 Å². The summed E-state index contributed by atoms with van der Waals surface area (Å²) in [5, 5.41) is 0. The molecule has 4 N–H and O–H groups in total. The first-order valence-corrected chi connectivity index (χ1v) is 12.8. The zero-order valence-electron chi connectivity index (χ0n) is 17.0. The molecule has 1 heterocycles. The summed E-state index contributed by atoms with van der Waals surface area (Å²) in [6.45, 7) is 1.94. The van der Waals surface area contributed by atoms with Gasteiger partial charge < -0.3 is 15.5 Å². The van der Waals surface area contributed by atoms with E-state index in [0.717, 1.165) is 35.4 Å². The number of rotatable bonds is 13. The molecule has 0 amide bonds. The number of hydrogen-bond acceptors (Lipinski definition) is 4. The van der Waals surface area contributed by atoms with Gasteiger partial charge in [0.05, 0.1) is 11.0 Å². The minimum absolute atomic E-state index is 0.185. The molecule has 29 heavy (non-hydrogen) atoms. The fourth-order valence-electron chi connectivity index (χ4n) is 3.26. The summed E-state index contributed by atoms with van der Waals surface area (Å²) in [4.78, 5) is 32.5. The maximum atomic E-state index is 12.4. The van der Waals surface area contributed by atoms with Crippen LogP contribution in [0.25, 0.3) is 0 Å². The number of carbonyl (C=O) groups excluding carboxylic acids is 1. The van der Waals surface area contributed by atoms with Crippen molar-refractivity contribution in [1.29, 1.82) is 0 Å². The van der Waals surface area contributed by atoms with Crippen LogP contribution in [0, 0.1) is 0 Å². The Labute approximate surface area is 177 Å². The molecular formula is C22H32NO4PS. The molecule has 160 valence electrons. The fraction of sp³-hybridized carbons (Fsp3) is 0.500. The predicted octanol–water partition coefficient (Wildman–Crippen LogP) is 4.95. The van der Waals surface area contributed by atoms with Crippen LogP contribution < -0.4 is 5.73 Å². The Hall–Kier alpha value is -1.30. The summed E-state index contributed by atoms with van der Waals surface area (Å²) in [6, 6.07) is 14.2. The zero-order chi connectivity index (χ0) is 21.3. The van der Waals surface area contributed by atoms with E-state index in [1.54, 1.807) is 0 Å². The van der Waals surface area contributed by atoms with Gasteiger partial charge in [-0.1, -0.05) is 37.3 Å². The maximum absolute atomic E-state index is 12.4. The Morgan fingerprint density at radius 3 is 2.45 bits per heavy atom. The Bertz CT molecular complexity index is 817. The Balaban J connectivity index is 1.77. The normalized spacial score (nSPS) is 13.9. The van der Waals surface area contributed by atoms with Crippen LogP contribution in [0.2, 0.25) is 0 Å². The highest BCUT2D eigenvalue weighted by atomic mass is 32.1. The number of aryl methyl sites for hydroxylation is 2.